The van der Waals surface area contributed by atoms with Crippen molar-refractivity contribution in [3.63, 3.8) is 0 Å². The summed E-state index contributed by atoms with van der Waals surface area (Å²) in [5.41, 5.74) is 2.84. The molecule has 0 aliphatic heterocycles. The fourth-order valence-corrected chi connectivity index (χ4v) is 3.76. The number of ketones is 1. The Hall–Kier alpha value is -2.54. The number of aromatic nitrogens is 1. The Morgan fingerprint density at radius 2 is 1.52 bits per heavy atom. The molecule has 0 atom stereocenters. The van der Waals surface area contributed by atoms with E-state index in [0.717, 1.165) is 14.5 Å². The van der Waals surface area contributed by atoms with E-state index in [-0.39, 0.29) is 12.4 Å². The summed E-state index contributed by atoms with van der Waals surface area (Å²) in [4.78, 5) is 30.0. The zero-order chi connectivity index (χ0) is 22.0. The van der Waals surface area contributed by atoms with E-state index in [4.69, 9.17) is 16.3 Å². The number of Topliss-reactive ketones (excluding diaryl/α,β-unsaturated/α-hetero) is 1. The highest BCUT2D eigenvalue weighted by Crippen LogP contribution is 2.28. The summed E-state index contributed by atoms with van der Waals surface area (Å²) >= 11 is 12.9. The predicted octanol–water partition coefficient (Wildman–Crippen LogP) is 7.12. The van der Waals surface area contributed by atoms with Crippen LogP contribution in [-0.4, -0.2) is 23.3 Å². The third-order valence-corrected chi connectivity index (χ3v) is 5.92. The molecule has 0 saturated heterocycles. The minimum absolute atomic E-state index is 0.287. The highest BCUT2D eigenvalue weighted by atomic mass is 79.9. The molecule has 0 saturated carbocycles. The van der Waals surface area contributed by atoms with Gasteiger partial charge in [-0.1, -0.05) is 67.7 Å². The molecule has 0 aliphatic carbocycles. The van der Waals surface area contributed by atoms with Crippen LogP contribution in [-0.2, 0) is 4.74 Å². The lowest BCUT2D eigenvalue weighted by molar-refractivity contribution is 0.0476. The van der Waals surface area contributed by atoms with Crippen molar-refractivity contribution in [3.05, 3.63) is 97.9 Å². The van der Waals surface area contributed by atoms with Gasteiger partial charge >= 0.3 is 5.97 Å². The summed E-state index contributed by atoms with van der Waals surface area (Å²) in [7, 11) is 0. The molecule has 0 bridgehead atoms. The smallest absolute Gasteiger partial charge is 0.339 e. The van der Waals surface area contributed by atoms with Gasteiger partial charge in [-0.05, 0) is 48.5 Å². The summed E-state index contributed by atoms with van der Waals surface area (Å²) in [6.07, 6.45) is 0. The van der Waals surface area contributed by atoms with Crippen molar-refractivity contribution < 1.29 is 14.3 Å². The quantitative estimate of drug-likeness (QED) is 0.193. The largest absolute Gasteiger partial charge is 0.454 e. The molecule has 0 amide bonds. The fourth-order valence-electron chi connectivity index (χ4n) is 3.06. The number of halogens is 3. The summed E-state index contributed by atoms with van der Waals surface area (Å²) in [6.45, 7) is -0.363. The second-order valence-corrected chi connectivity index (χ2v) is 9.00. The van der Waals surface area contributed by atoms with E-state index in [0.29, 0.717) is 32.7 Å². The zero-order valence-electron chi connectivity index (χ0n) is 15.9. The molecule has 4 aromatic rings. The molecule has 4 nitrogen and oxygen atoms in total. The molecule has 31 heavy (non-hydrogen) atoms. The molecule has 7 heteroatoms. The van der Waals surface area contributed by atoms with Crippen LogP contribution in [0.2, 0.25) is 5.02 Å². The van der Waals surface area contributed by atoms with Crippen molar-refractivity contribution in [1.29, 1.82) is 0 Å². The lowest BCUT2D eigenvalue weighted by atomic mass is 10.0. The third kappa shape index (κ3) is 5.03. The molecule has 1 aromatic heterocycles. The first-order valence-corrected chi connectivity index (χ1v) is 11.2. The van der Waals surface area contributed by atoms with Crippen molar-refractivity contribution in [1.82, 2.24) is 4.98 Å². The Balaban J connectivity index is 1.66. The SMILES string of the molecule is O=C(COC(=O)c1cc(-c2ccc(Br)cc2)nc2ccc(Cl)cc12)c1ccc(Br)cc1. The highest BCUT2D eigenvalue weighted by molar-refractivity contribution is 9.10. The summed E-state index contributed by atoms with van der Waals surface area (Å²) < 4.78 is 7.16. The van der Waals surface area contributed by atoms with Crippen molar-refractivity contribution in [2.75, 3.05) is 6.61 Å². The van der Waals surface area contributed by atoms with Crippen LogP contribution in [0.15, 0.2) is 81.7 Å². The van der Waals surface area contributed by atoms with Crippen LogP contribution in [0, 0.1) is 0 Å². The van der Waals surface area contributed by atoms with Crippen LogP contribution in [0.25, 0.3) is 22.2 Å². The topological polar surface area (TPSA) is 56.3 Å². The van der Waals surface area contributed by atoms with Gasteiger partial charge in [-0.15, -0.1) is 0 Å². The molecule has 0 radical (unpaired) electrons. The van der Waals surface area contributed by atoms with Crippen LogP contribution < -0.4 is 0 Å². The predicted molar refractivity (Wildman–Crippen MR) is 129 cm³/mol. The van der Waals surface area contributed by atoms with E-state index < -0.39 is 5.97 Å². The normalized spacial score (nSPS) is 10.8. The standard InChI is InChI=1S/C24H14Br2ClNO3/c25-16-5-1-14(2-6-16)22-12-20(19-11-18(27)9-10-21(19)28-22)24(30)31-13-23(29)15-3-7-17(26)8-4-15/h1-12H,13H2. The van der Waals surface area contributed by atoms with E-state index in [1.54, 1.807) is 48.5 Å². The third-order valence-electron chi connectivity index (χ3n) is 4.63. The Bertz CT molecular complexity index is 1290. The molecule has 3 aromatic carbocycles. The van der Waals surface area contributed by atoms with Gasteiger partial charge in [0.1, 0.15) is 0 Å². The lowest BCUT2D eigenvalue weighted by Crippen LogP contribution is -2.15. The average Bonchev–Trinajstić information content (AvgIpc) is 2.77. The number of benzene rings is 3. The first-order valence-electron chi connectivity index (χ1n) is 9.23. The Kier molecular flexibility index (Phi) is 6.51. The number of nitrogens with zero attached hydrogens (tertiary/aromatic N) is 1. The average molecular weight is 560 g/mol. The van der Waals surface area contributed by atoms with Gasteiger partial charge in [0.15, 0.2) is 12.4 Å². The van der Waals surface area contributed by atoms with Gasteiger partial charge < -0.3 is 4.74 Å². The molecule has 0 spiro atoms. The van der Waals surface area contributed by atoms with E-state index in [1.807, 2.05) is 24.3 Å². The van der Waals surface area contributed by atoms with E-state index >= 15 is 0 Å². The zero-order valence-corrected chi connectivity index (χ0v) is 19.9. The van der Waals surface area contributed by atoms with Gasteiger partial charge in [-0.3, -0.25) is 4.79 Å². The lowest BCUT2D eigenvalue weighted by Gasteiger charge is -2.11. The molecule has 4 rings (SSSR count). The number of ether oxygens (including phenoxy) is 1. The maximum Gasteiger partial charge on any atom is 0.339 e. The fraction of sp³-hybridized carbons (Fsp3) is 0.0417. The summed E-state index contributed by atoms with van der Waals surface area (Å²) in [6, 6.07) is 21.3. The van der Waals surface area contributed by atoms with Crippen LogP contribution in [0.3, 0.4) is 0 Å². The molecule has 0 N–H and O–H groups in total. The van der Waals surface area contributed by atoms with Gasteiger partial charge in [0.25, 0.3) is 0 Å². The molecular weight excluding hydrogens is 546 g/mol. The van der Waals surface area contributed by atoms with Gasteiger partial charge in [0, 0.05) is 30.5 Å². The number of carbonyl (C=O) groups excluding carboxylic acids is 2. The van der Waals surface area contributed by atoms with Crippen molar-refractivity contribution >= 4 is 66.1 Å². The maximum atomic E-state index is 12.9. The Labute approximate surface area is 200 Å². The second-order valence-electron chi connectivity index (χ2n) is 6.73. The van der Waals surface area contributed by atoms with Crippen molar-refractivity contribution in [2.24, 2.45) is 0 Å². The van der Waals surface area contributed by atoms with E-state index in [2.05, 4.69) is 36.8 Å². The van der Waals surface area contributed by atoms with Crippen LogP contribution in [0.4, 0.5) is 0 Å². The summed E-state index contributed by atoms with van der Waals surface area (Å²) in [5.74, 6) is -0.899. The van der Waals surface area contributed by atoms with Crippen molar-refractivity contribution in [3.8, 4) is 11.3 Å². The molecule has 1 heterocycles. The first-order chi connectivity index (χ1) is 14.9. The minimum atomic E-state index is -0.613. The van der Waals surface area contributed by atoms with E-state index in [9.17, 15) is 9.59 Å². The van der Waals surface area contributed by atoms with Gasteiger partial charge in [-0.25, -0.2) is 9.78 Å². The van der Waals surface area contributed by atoms with Gasteiger partial charge in [-0.2, -0.15) is 0 Å². The summed E-state index contributed by atoms with van der Waals surface area (Å²) in [5, 5.41) is 1.04. The minimum Gasteiger partial charge on any atom is -0.454 e. The Morgan fingerprint density at radius 1 is 0.871 bits per heavy atom. The van der Waals surface area contributed by atoms with Crippen LogP contribution >= 0.6 is 43.5 Å². The Morgan fingerprint density at radius 3 is 2.19 bits per heavy atom. The highest BCUT2D eigenvalue weighted by Gasteiger charge is 2.18. The van der Waals surface area contributed by atoms with Crippen LogP contribution in [0.5, 0.6) is 0 Å². The number of fused-ring (bicyclic) bond motifs is 1. The second kappa shape index (κ2) is 9.30. The van der Waals surface area contributed by atoms with Crippen molar-refractivity contribution in [2.45, 2.75) is 0 Å². The number of rotatable bonds is 5. The molecular formula is C24H14Br2ClNO3. The number of hydrogen-bond acceptors (Lipinski definition) is 4. The van der Waals surface area contributed by atoms with Crippen LogP contribution in [0.1, 0.15) is 20.7 Å². The van der Waals surface area contributed by atoms with E-state index in [1.165, 1.54) is 0 Å². The maximum absolute atomic E-state index is 12.9. The number of esters is 1. The van der Waals surface area contributed by atoms with Gasteiger partial charge in [0.2, 0.25) is 0 Å². The molecule has 0 fully saturated rings. The molecule has 0 unspecified atom stereocenters. The molecule has 0 aliphatic rings. The first kappa shape index (κ1) is 21.7. The number of carbonyl (C=O) groups is 2. The number of pyridine rings is 1. The monoisotopic (exact) mass is 557 g/mol. The molecule has 154 valence electrons. The number of hydrogen-bond donors (Lipinski definition) is 0. The van der Waals surface area contributed by atoms with Gasteiger partial charge in [0.05, 0.1) is 16.8 Å².